The Morgan fingerprint density at radius 3 is 2.77 bits per heavy atom. The quantitative estimate of drug-likeness (QED) is 0.288. The summed E-state index contributed by atoms with van der Waals surface area (Å²) >= 11 is 22.0. The second kappa shape index (κ2) is 10.4. The fourth-order valence-corrected chi connectivity index (χ4v) is 4.37. The van der Waals surface area contributed by atoms with Crippen LogP contribution in [0.4, 0.5) is 5.13 Å². The number of benzene rings is 2. The molecule has 0 spiro atoms. The van der Waals surface area contributed by atoms with Crippen molar-refractivity contribution in [2.75, 3.05) is 12.4 Å². The van der Waals surface area contributed by atoms with Gasteiger partial charge in [0.2, 0.25) is 5.91 Å². The van der Waals surface area contributed by atoms with Gasteiger partial charge < -0.3 is 10.1 Å². The first kappa shape index (κ1) is 22.7. The number of carbonyl (C=O) groups is 1. The third-order valence-corrected chi connectivity index (χ3v) is 5.93. The van der Waals surface area contributed by atoms with Gasteiger partial charge in [0, 0.05) is 27.1 Å². The molecule has 1 heterocycles. The van der Waals surface area contributed by atoms with Crippen molar-refractivity contribution in [3.8, 4) is 17.0 Å². The van der Waals surface area contributed by atoms with Crippen LogP contribution in [0.5, 0.6) is 5.75 Å². The Morgan fingerprint density at radius 2 is 2.07 bits per heavy atom. The molecule has 0 bridgehead atoms. The molecule has 3 aromatic rings. The van der Waals surface area contributed by atoms with E-state index in [0.29, 0.717) is 20.7 Å². The van der Waals surface area contributed by atoms with Crippen LogP contribution in [0.3, 0.4) is 0 Å². The number of nitrogens with zero attached hydrogens (tertiary/aromatic N) is 1. The lowest BCUT2D eigenvalue weighted by molar-refractivity contribution is -0.115. The Hall–Kier alpha value is -1.97. The van der Waals surface area contributed by atoms with E-state index in [9.17, 15) is 4.79 Å². The zero-order valence-corrected chi connectivity index (χ0v) is 20.1. The number of amides is 1. The highest BCUT2D eigenvalue weighted by Crippen LogP contribution is 2.32. The molecule has 0 radical (unpaired) electrons. The Bertz CT molecular complexity index is 1130. The van der Waals surface area contributed by atoms with Crippen LogP contribution in [0, 0.1) is 0 Å². The van der Waals surface area contributed by atoms with Gasteiger partial charge in [-0.15, -0.1) is 11.3 Å². The highest BCUT2D eigenvalue weighted by atomic mass is 79.9. The molecule has 3 rings (SSSR count). The summed E-state index contributed by atoms with van der Waals surface area (Å²) in [5.41, 5.74) is 2.37. The van der Waals surface area contributed by atoms with Crippen LogP contribution in [0.15, 0.2) is 52.3 Å². The van der Waals surface area contributed by atoms with Crippen molar-refractivity contribution in [1.29, 1.82) is 0 Å². The summed E-state index contributed by atoms with van der Waals surface area (Å²) in [6.07, 6.45) is 2.92. The Morgan fingerprint density at radius 1 is 1.27 bits per heavy atom. The molecule has 0 atom stereocenters. The second-order valence-corrected chi connectivity index (χ2v) is 8.79. The first-order chi connectivity index (χ1) is 14.4. The Labute approximate surface area is 201 Å². The zero-order valence-electron chi connectivity index (χ0n) is 15.4. The molecule has 2 N–H and O–H groups in total. The van der Waals surface area contributed by atoms with Crippen LogP contribution in [-0.2, 0) is 4.79 Å². The number of ether oxygens (including phenoxy) is 1. The van der Waals surface area contributed by atoms with Crippen LogP contribution in [0.1, 0.15) is 5.56 Å². The molecule has 0 saturated heterocycles. The van der Waals surface area contributed by atoms with Gasteiger partial charge in [-0.1, -0.05) is 29.3 Å². The third-order valence-electron chi connectivity index (χ3n) is 3.79. The van der Waals surface area contributed by atoms with E-state index < -0.39 is 5.91 Å². The molecule has 1 aromatic heterocycles. The summed E-state index contributed by atoms with van der Waals surface area (Å²) in [4.78, 5) is 16.6. The number of methoxy groups -OCH3 is 1. The maximum atomic E-state index is 12.1. The number of anilines is 1. The molecule has 1 amide bonds. The van der Waals surface area contributed by atoms with Crippen LogP contribution < -0.4 is 15.4 Å². The maximum absolute atomic E-state index is 12.1. The van der Waals surface area contributed by atoms with E-state index in [-0.39, 0.29) is 5.11 Å². The zero-order chi connectivity index (χ0) is 21.7. The van der Waals surface area contributed by atoms with Gasteiger partial charge in [-0.25, -0.2) is 4.98 Å². The number of thiocarbonyl (C=S) groups is 1. The highest BCUT2D eigenvalue weighted by molar-refractivity contribution is 9.10. The topological polar surface area (TPSA) is 63.2 Å². The lowest BCUT2D eigenvalue weighted by Gasteiger charge is -2.05. The number of thiazole rings is 1. The first-order valence-corrected chi connectivity index (χ1v) is 11.2. The van der Waals surface area contributed by atoms with Gasteiger partial charge in [0.25, 0.3) is 0 Å². The summed E-state index contributed by atoms with van der Waals surface area (Å²) < 4.78 is 6.07. The lowest BCUT2D eigenvalue weighted by atomic mass is 10.2. The number of aromatic nitrogens is 1. The normalized spacial score (nSPS) is 10.8. The summed E-state index contributed by atoms with van der Waals surface area (Å²) in [7, 11) is 1.61. The number of hydrogen-bond acceptors (Lipinski definition) is 5. The van der Waals surface area contributed by atoms with E-state index >= 15 is 0 Å². The van der Waals surface area contributed by atoms with Gasteiger partial charge in [-0.05, 0) is 70.1 Å². The molecular weight excluding hydrogens is 529 g/mol. The van der Waals surface area contributed by atoms with Crippen molar-refractivity contribution in [2.45, 2.75) is 0 Å². The summed E-state index contributed by atoms with van der Waals surface area (Å²) in [5.74, 6) is 0.346. The fraction of sp³-hybridized carbons (Fsp3) is 0.0500. The molecule has 0 fully saturated rings. The molecule has 0 unspecified atom stereocenters. The predicted octanol–water partition coefficient (Wildman–Crippen LogP) is 6.41. The van der Waals surface area contributed by atoms with Crippen LogP contribution in [-0.4, -0.2) is 23.1 Å². The number of carbonyl (C=O) groups excluding carboxylic acids is 1. The highest BCUT2D eigenvalue weighted by Gasteiger charge is 2.09. The van der Waals surface area contributed by atoms with Crippen LogP contribution in [0.25, 0.3) is 17.3 Å². The van der Waals surface area contributed by atoms with Crippen molar-refractivity contribution in [2.24, 2.45) is 0 Å². The van der Waals surface area contributed by atoms with Gasteiger partial charge in [-0.2, -0.15) is 0 Å². The Balaban J connectivity index is 1.59. The van der Waals surface area contributed by atoms with Crippen molar-refractivity contribution >= 4 is 84.9 Å². The minimum atomic E-state index is -0.394. The largest absolute Gasteiger partial charge is 0.496 e. The minimum absolute atomic E-state index is 0.142. The number of rotatable bonds is 5. The third kappa shape index (κ3) is 6.02. The SMILES string of the molecule is COc1ccc(-c2csc(NC(=S)NC(=O)C=Cc3ccc(Cl)cc3Cl)n2)cc1Br. The van der Waals surface area contributed by atoms with E-state index in [1.54, 1.807) is 31.4 Å². The van der Waals surface area contributed by atoms with E-state index in [1.165, 1.54) is 17.4 Å². The molecule has 0 aliphatic rings. The van der Waals surface area contributed by atoms with E-state index in [2.05, 4.69) is 31.5 Å². The Kier molecular flexibility index (Phi) is 7.85. The van der Waals surface area contributed by atoms with Crippen molar-refractivity contribution < 1.29 is 9.53 Å². The molecule has 0 aliphatic carbocycles. The average molecular weight is 543 g/mol. The van der Waals surface area contributed by atoms with Crippen molar-refractivity contribution in [1.82, 2.24) is 10.3 Å². The van der Waals surface area contributed by atoms with Gasteiger partial charge >= 0.3 is 0 Å². The van der Waals surface area contributed by atoms with Gasteiger partial charge in [0.05, 0.1) is 17.3 Å². The summed E-state index contributed by atoms with van der Waals surface area (Å²) in [6.45, 7) is 0. The molecular formula is C20H14BrCl2N3O2S2. The van der Waals surface area contributed by atoms with Crippen molar-refractivity contribution in [3.05, 3.63) is 67.9 Å². The van der Waals surface area contributed by atoms with Crippen LogP contribution in [0.2, 0.25) is 10.0 Å². The van der Waals surface area contributed by atoms with Crippen molar-refractivity contribution in [3.63, 3.8) is 0 Å². The van der Waals surface area contributed by atoms with E-state index in [4.69, 9.17) is 40.2 Å². The fourth-order valence-electron chi connectivity index (χ4n) is 2.37. The number of halogens is 3. The maximum Gasteiger partial charge on any atom is 0.250 e. The molecule has 10 heteroatoms. The average Bonchev–Trinajstić information content (AvgIpc) is 3.15. The molecule has 0 saturated carbocycles. The number of hydrogen-bond donors (Lipinski definition) is 2. The smallest absolute Gasteiger partial charge is 0.250 e. The molecule has 30 heavy (non-hydrogen) atoms. The van der Waals surface area contributed by atoms with Gasteiger partial charge in [0.15, 0.2) is 10.2 Å². The predicted molar refractivity (Wildman–Crippen MR) is 132 cm³/mol. The standard InChI is InChI=1S/C20H14BrCl2N3O2S2/c1-28-17-6-3-12(8-14(17)21)16-10-30-20(24-16)26-19(29)25-18(27)7-4-11-2-5-13(22)9-15(11)23/h2-10H,1H3,(H2,24,25,26,27,29). The lowest BCUT2D eigenvalue weighted by Crippen LogP contribution is -2.32. The van der Waals surface area contributed by atoms with Gasteiger partial charge in [-0.3, -0.25) is 10.1 Å². The first-order valence-electron chi connectivity index (χ1n) is 8.40. The van der Waals surface area contributed by atoms with Crippen LogP contribution >= 0.6 is 62.7 Å². The monoisotopic (exact) mass is 541 g/mol. The molecule has 2 aromatic carbocycles. The molecule has 5 nitrogen and oxygen atoms in total. The minimum Gasteiger partial charge on any atom is -0.496 e. The molecule has 154 valence electrons. The van der Waals surface area contributed by atoms with Gasteiger partial charge in [0.1, 0.15) is 5.75 Å². The van der Waals surface area contributed by atoms with E-state index in [0.717, 1.165) is 21.5 Å². The molecule has 0 aliphatic heterocycles. The second-order valence-electron chi connectivity index (χ2n) is 5.83. The summed E-state index contributed by atoms with van der Waals surface area (Å²) in [6, 6.07) is 10.7. The summed E-state index contributed by atoms with van der Waals surface area (Å²) in [5, 5.41) is 9.05. The number of nitrogens with one attached hydrogen (secondary N) is 2. The van der Waals surface area contributed by atoms with E-state index in [1.807, 2.05) is 23.6 Å².